The van der Waals surface area contributed by atoms with Crippen LogP contribution in [0, 0.1) is 0 Å². The molecule has 0 bridgehead atoms. The second-order valence-electron chi connectivity index (χ2n) is 7.87. The average molecular weight is 471 g/mol. The minimum atomic E-state index is 0.311. The molecule has 35 heavy (non-hydrogen) atoms. The summed E-state index contributed by atoms with van der Waals surface area (Å²) < 4.78 is 22.4. The normalized spacial score (nSPS) is 10.6. The molecule has 1 aromatic heterocycles. The maximum atomic E-state index is 6.14. The van der Waals surface area contributed by atoms with Crippen molar-refractivity contribution in [2.75, 3.05) is 20.8 Å². The van der Waals surface area contributed by atoms with Gasteiger partial charge < -0.3 is 18.9 Å². The van der Waals surface area contributed by atoms with Gasteiger partial charge in [-0.1, -0.05) is 6.92 Å². The molecule has 0 atom stereocenters. The quantitative estimate of drug-likeness (QED) is 0.268. The minimum Gasteiger partial charge on any atom is -0.497 e. The summed E-state index contributed by atoms with van der Waals surface area (Å²) in [7, 11) is 3.30. The largest absolute Gasteiger partial charge is 0.497 e. The summed E-state index contributed by atoms with van der Waals surface area (Å²) in [5.74, 6) is 3.88. The van der Waals surface area contributed by atoms with Crippen molar-refractivity contribution in [3.8, 4) is 45.6 Å². The topological polar surface area (TPSA) is 62.7 Å². The van der Waals surface area contributed by atoms with Gasteiger partial charge in [-0.25, -0.2) is 9.97 Å². The zero-order valence-electron chi connectivity index (χ0n) is 20.6. The molecule has 0 unspecified atom stereocenters. The summed E-state index contributed by atoms with van der Waals surface area (Å²) >= 11 is 0. The molecular weight excluding hydrogens is 440 g/mol. The van der Waals surface area contributed by atoms with E-state index < -0.39 is 0 Å². The Morgan fingerprint density at radius 3 is 1.89 bits per heavy atom. The van der Waals surface area contributed by atoms with Gasteiger partial charge in [-0.2, -0.15) is 0 Å². The SMILES string of the molecule is CCOc1ccc(OCc2cc(-c3ccc(OC)cc3)nc(-c3ccc(OC)cc3)n2)cc1CC. The maximum absolute atomic E-state index is 6.14. The van der Waals surface area contributed by atoms with Crippen molar-refractivity contribution in [1.82, 2.24) is 9.97 Å². The number of ether oxygens (including phenoxy) is 4. The summed E-state index contributed by atoms with van der Waals surface area (Å²) in [5, 5.41) is 0. The Bertz CT molecular complexity index is 1190. The highest BCUT2D eigenvalue weighted by Gasteiger charge is 2.11. The van der Waals surface area contributed by atoms with Gasteiger partial charge in [0.1, 0.15) is 29.6 Å². The fourth-order valence-corrected chi connectivity index (χ4v) is 3.73. The lowest BCUT2D eigenvalue weighted by Crippen LogP contribution is -2.03. The lowest BCUT2D eigenvalue weighted by Gasteiger charge is -2.13. The molecule has 6 nitrogen and oxygen atoms in total. The molecule has 0 amide bonds. The molecule has 0 aliphatic heterocycles. The van der Waals surface area contributed by atoms with Crippen LogP contribution < -0.4 is 18.9 Å². The summed E-state index contributed by atoms with van der Waals surface area (Å²) in [6.07, 6.45) is 0.864. The molecule has 0 saturated carbocycles. The molecule has 0 radical (unpaired) electrons. The van der Waals surface area contributed by atoms with E-state index >= 15 is 0 Å². The third-order valence-electron chi connectivity index (χ3n) is 5.61. The van der Waals surface area contributed by atoms with Crippen molar-refractivity contribution in [3.63, 3.8) is 0 Å². The number of benzene rings is 3. The van der Waals surface area contributed by atoms with Crippen molar-refractivity contribution in [3.05, 3.63) is 84.1 Å². The highest BCUT2D eigenvalue weighted by atomic mass is 16.5. The van der Waals surface area contributed by atoms with Crippen molar-refractivity contribution in [2.45, 2.75) is 26.9 Å². The van der Waals surface area contributed by atoms with Gasteiger partial charge in [-0.3, -0.25) is 0 Å². The number of aryl methyl sites for hydroxylation is 1. The second-order valence-corrected chi connectivity index (χ2v) is 7.87. The van der Waals surface area contributed by atoms with E-state index in [0.717, 1.165) is 57.5 Å². The molecule has 180 valence electrons. The van der Waals surface area contributed by atoms with Crippen LogP contribution >= 0.6 is 0 Å². The highest BCUT2D eigenvalue weighted by molar-refractivity contribution is 5.65. The van der Waals surface area contributed by atoms with Crippen LogP contribution in [0.3, 0.4) is 0 Å². The van der Waals surface area contributed by atoms with E-state index in [0.29, 0.717) is 19.0 Å². The lowest BCUT2D eigenvalue weighted by atomic mass is 10.1. The Morgan fingerprint density at radius 2 is 1.29 bits per heavy atom. The Labute approximate surface area is 206 Å². The first-order valence-corrected chi connectivity index (χ1v) is 11.7. The standard InChI is InChI=1S/C29H30N2O4/c1-5-20-17-26(15-16-28(20)34-6-2)35-19-23-18-27(21-7-11-24(32-3)12-8-21)31-29(30-23)22-9-13-25(33-4)14-10-22/h7-18H,5-6,19H2,1-4H3. The molecule has 0 N–H and O–H groups in total. The first-order valence-electron chi connectivity index (χ1n) is 11.7. The van der Waals surface area contributed by atoms with Crippen LogP contribution in [-0.4, -0.2) is 30.8 Å². The predicted molar refractivity (Wildman–Crippen MR) is 137 cm³/mol. The first-order chi connectivity index (χ1) is 17.1. The molecule has 0 aliphatic rings. The highest BCUT2D eigenvalue weighted by Crippen LogP contribution is 2.28. The van der Waals surface area contributed by atoms with Crippen molar-refractivity contribution < 1.29 is 18.9 Å². The predicted octanol–water partition coefficient (Wildman–Crippen LogP) is 6.37. The fourth-order valence-electron chi connectivity index (χ4n) is 3.73. The van der Waals surface area contributed by atoms with E-state index in [1.165, 1.54) is 0 Å². The van der Waals surface area contributed by atoms with Crippen LogP contribution in [0.25, 0.3) is 22.6 Å². The van der Waals surface area contributed by atoms with Crippen LogP contribution in [-0.2, 0) is 13.0 Å². The molecule has 0 fully saturated rings. The Kier molecular flexibility index (Phi) is 7.83. The van der Waals surface area contributed by atoms with E-state index in [-0.39, 0.29) is 0 Å². The van der Waals surface area contributed by atoms with E-state index in [1.807, 2.05) is 79.7 Å². The lowest BCUT2D eigenvalue weighted by molar-refractivity contribution is 0.298. The van der Waals surface area contributed by atoms with Crippen LogP contribution in [0.1, 0.15) is 25.1 Å². The third-order valence-corrected chi connectivity index (χ3v) is 5.61. The van der Waals surface area contributed by atoms with Crippen LogP contribution in [0.2, 0.25) is 0 Å². The van der Waals surface area contributed by atoms with E-state index in [4.69, 9.17) is 28.9 Å². The molecule has 4 rings (SSSR count). The van der Waals surface area contributed by atoms with Crippen molar-refractivity contribution in [2.24, 2.45) is 0 Å². The van der Waals surface area contributed by atoms with Gasteiger partial charge in [0.2, 0.25) is 0 Å². The monoisotopic (exact) mass is 470 g/mol. The molecule has 3 aromatic carbocycles. The number of aromatic nitrogens is 2. The van der Waals surface area contributed by atoms with Crippen LogP contribution in [0.5, 0.6) is 23.0 Å². The van der Waals surface area contributed by atoms with Gasteiger partial charge in [0, 0.05) is 11.1 Å². The van der Waals surface area contributed by atoms with E-state index in [9.17, 15) is 0 Å². The van der Waals surface area contributed by atoms with Gasteiger partial charge in [-0.05, 0) is 91.7 Å². The van der Waals surface area contributed by atoms with Crippen LogP contribution in [0.15, 0.2) is 72.8 Å². The fraction of sp³-hybridized carbons (Fsp3) is 0.241. The van der Waals surface area contributed by atoms with E-state index in [1.54, 1.807) is 14.2 Å². The number of hydrogen-bond donors (Lipinski definition) is 0. The summed E-state index contributed by atoms with van der Waals surface area (Å²) in [6.45, 7) is 5.04. The summed E-state index contributed by atoms with van der Waals surface area (Å²) in [5.41, 5.74) is 4.58. The number of methoxy groups -OCH3 is 2. The second kappa shape index (κ2) is 11.4. The van der Waals surface area contributed by atoms with Gasteiger partial charge in [0.25, 0.3) is 0 Å². The first kappa shape index (κ1) is 24.1. The van der Waals surface area contributed by atoms with E-state index in [2.05, 4.69) is 6.92 Å². The molecule has 6 heteroatoms. The molecular formula is C29H30N2O4. The molecule has 4 aromatic rings. The van der Waals surface area contributed by atoms with Crippen LogP contribution in [0.4, 0.5) is 0 Å². The van der Waals surface area contributed by atoms with Gasteiger partial charge in [-0.15, -0.1) is 0 Å². The Hall–Kier alpha value is -4.06. The van der Waals surface area contributed by atoms with Gasteiger partial charge >= 0.3 is 0 Å². The number of nitrogens with zero attached hydrogens (tertiary/aromatic N) is 2. The van der Waals surface area contributed by atoms with Crippen molar-refractivity contribution in [1.29, 1.82) is 0 Å². The number of hydrogen-bond acceptors (Lipinski definition) is 6. The van der Waals surface area contributed by atoms with Crippen molar-refractivity contribution >= 4 is 0 Å². The number of rotatable bonds is 10. The average Bonchev–Trinajstić information content (AvgIpc) is 2.92. The molecule has 1 heterocycles. The molecule has 0 spiro atoms. The zero-order valence-corrected chi connectivity index (χ0v) is 20.6. The molecule has 0 saturated heterocycles. The molecule has 0 aliphatic carbocycles. The smallest absolute Gasteiger partial charge is 0.160 e. The Morgan fingerprint density at radius 1 is 0.657 bits per heavy atom. The third kappa shape index (κ3) is 5.90. The summed E-state index contributed by atoms with van der Waals surface area (Å²) in [6, 6.07) is 23.4. The van der Waals surface area contributed by atoms with Gasteiger partial charge in [0.05, 0.1) is 32.2 Å². The zero-order chi connectivity index (χ0) is 24.6. The maximum Gasteiger partial charge on any atom is 0.160 e. The summed E-state index contributed by atoms with van der Waals surface area (Å²) in [4.78, 5) is 9.63. The Balaban J connectivity index is 1.65. The minimum absolute atomic E-state index is 0.311. The van der Waals surface area contributed by atoms with Gasteiger partial charge in [0.15, 0.2) is 5.82 Å².